The normalized spacial score (nSPS) is 8.29. The molecular weight excluding hydrogens is 117 g/mol. The molecule has 0 aromatic rings. The third-order valence-electron chi connectivity index (χ3n) is 0.485. The second-order valence-electron chi connectivity index (χ2n) is 0.961. The molecule has 0 atom stereocenters. The Morgan fingerprint density at radius 3 is 2.43 bits per heavy atom. The van der Waals surface area contributed by atoms with Crippen LogP contribution in [0.4, 0.5) is 4.79 Å². The van der Waals surface area contributed by atoms with Gasteiger partial charge in [-0.15, -0.1) is 0 Å². The topological polar surface area (TPSA) is 40.5 Å². The molecule has 0 bridgehead atoms. The number of rotatable bonds is 1. The molecule has 0 saturated carbocycles. The maximum absolute atomic E-state index is 9.72. The summed E-state index contributed by atoms with van der Waals surface area (Å²) in [5.74, 6) is 0. The van der Waals surface area contributed by atoms with Crippen LogP contribution in [0.3, 0.4) is 0 Å². The first kappa shape index (κ1) is 6.56. The van der Waals surface area contributed by atoms with E-state index in [0.29, 0.717) is 11.0 Å². The van der Waals surface area contributed by atoms with Crippen molar-refractivity contribution in [3.05, 3.63) is 0 Å². The van der Waals surface area contributed by atoms with E-state index < -0.39 is 6.09 Å². The molecule has 3 nitrogen and oxygen atoms in total. The van der Waals surface area contributed by atoms with Crippen molar-refractivity contribution < 1.29 is 9.90 Å². The molecule has 0 unspecified atom stereocenters. The Kier molecular flexibility index (Phi) is 2.52. The summed E-state index contributed by atoms with van der Waals surface area (Å²) < 4.78 is 0.681. The largest absolute Gasteiger partial charge is 0.464 e. The molecule has 0 fully saturated rings. The molecule has 1 N–H and O–H groups in total. The van der Waals surface area contributed by atoms with E-state index in [4.69, 9.17) is 16.9 Å². The van der Waals surface area contributed by atoms with E-state index in [-0.39, 0.29) is 0 Å². The second-order valence-corrected chi connectivity index (χ2v) is 1.37. The quantitative estimate of drug-likeness (QED) is 0.531. The Balaban J connectivity index is 3.34. The molecule has 1 amide bonds. The predicted molar refractivity (Wildman–Crippen MR) is 26.3 cm³/mol. The van der Waals surface area contributed by atoms with Crippen LogP contribution in [0.25, 0.3) is 0 Å². The summed E-state index contributed by atoms with van der Waals surface area (Å²) in [6, 6.07) is 0. The number of nitrogens with zero attached hydrogens (tertiary/aromatic N) is 1. The minimum absolute atomic E-state index is 0.316. The van der Waals surface area contributed by atoms with Crippen molar-refractivity contribution in [1.29, 1.82) is 0 Å². The first-order valence-electron chi connectivity index (χ1n) is 1.84. The minimum Gasteiger partial charge on any atom is -0.464 e. The molecule has 0 heterocycles. The molecule has 4 heteroatoms. The van der Waals surface area contributed by atoms with E-state index in [2.05, 4.69) is 0 Å². The van der Waals surface area contributed by atoms with Crippen molar-refractivity contribution in [2.75, 3.05) is 6.54 Å². The van der Waals surface area contributed by atoms with Gasteiger partial charge in [-0.1, -0.05) is 0 Å². The van der Waals surface area contributed by atoms with Crippen LogP contribution in [0.15, 0.2) is 0 Å². The smallest absolute Gasteiger partial charge is 0.422 e. The molecule has 0 radical (unpaired) electrons. The van der Waals surface area contributed by atoms with Crippen molar-refractivity contribution in [1.82, 2.24) is 4.42 Å². The number of amides is 1. The Morgan fingerprint density at radius 2 is 2.43 bits per heavy atom. The second kappa shape index (κ2) is 2.69. The zero-order chi connectivity index (χ0) is 5.86. The number of halogens is 1. The fourth-order valence-corrected chi connectivity index (χ4v) is 0.135. The third kappa shape index (κ3) is 2.28. The number of carboxylic acid groups (broad SMARTS) is 1. The van der Waals surface area contributed by atoms with Crippen LogP contribution in [0.2, 0.25) is 0 Å². The lowest BCUT2D eigenvalue weighted by Crippen LogP contribution is -2.17. The number of hydrogen-bond acceptors (Lipinski definition) is 1. The average Bonchev–Trinajstić information content (AvgIpc) is 1.65. The molecule has 0 aromatic heterocycles. The van der Waals surface area contributed by atoms with Crippen LogP contribution >= 0.6 is 11.8 Å². The van der Waals surface area contributed by atoms with Crippen LogP contribution in [-0.2, 0) is 0 Å². The van der Waals surface area contributed by atoms with Crippen LogP contribution in [0.5, 0.6) is 0 Å². The maximum atomic E-state index is 9.72. The molecule has 0 aliphatic heterocycles. The van der Waals surface area contributed by atoms with E-state index in [1.54, 1.807) is 6.92 Å². The highest BCUT2D eigenvalue weighted by Gasteiger charge is 2.01. The first-order valence-corrected chi connectivity index (χ1v) is 2.18. The molecule has 0 rings (SSSR count). The molecule has 0 aliphatic carbocycles. The van der Waals surface area contributed by atoms with Crippen LogP contribution in [-0.4, -0.2) is 22.2 Å². The Morgan fingerprint density at radius 1 is 2.00 bits per heavy atom. The summed E-state index contributed by atoms with van der Waals surface area (Å²) in [5.41, 5.74) is 0. The molecule has 0 spiro atoms. The minimum atomic E-state index is -1.11. The van der Waals surface area contributed by atoms with Crippen LogP contribution in [0.1, 0.15) is 6.92 Å². The zero-order valence-corrected chi connectivity index (χ0v) is 4.64. The Hall–Kier alpha value is -0.440. The fourth-order valence-electron chi connectivity index (χ4n) is 0.135. The molecule has 42 valence electrons. The van der Waals surface area contributed by atoms with E-state index in [9.17, 15) is 4.79 Å². The molecular formula is C3H6ClNO2. The van der Waals surface area contributed by atoms with Gasteiger partial charge in [0.1, 0.15) is 0 Å². The lowest BCUT2D eigenvalue weighted by molar-refractivity contribution is 0.175. The van der Waals surface area contributed by atoms with Gasteiger partial charge in [0.2, 0.25) is 0 Å². The van der Waals surface area contributed by atoms with Crippen molar-refractivity contribution in [3.8, 4) is 0 Å². The van der Waals surface area contributed by atoms with Gasteiger partial charge < -0.3 is 5.11 Å². The van der Waals surface area contributed by atoms with Crippen molar-refractivity contribution in [2.45, 2.75) is 6.92 Å². The predicted octanol–water partition coefficient (Wildman–Crippen LogP) is 1.14. The molecule has 0 aliphatic rings. The summed E-state index contributed by atoms with van der Waals surface area (Å²) in [6.07, 6.45) is -1.11. The van der Waals surface area contributed by atoms with E-state index >= 15 is 0 Å². The standard InChI is InChI=1S/C3H6ClNO2/c1-2-5(4)3(6)7/h2H2,1H3,(H,6,7). The molecule has 0 saturated heterocycles. The van der Waals surface area contributed by atoms with Crippen LogP contribution in [0, 0.1) is 0 Å². The highest BCUT2D eigenvalue weighted by Crippen LogP contribution is 1.90. The van der Waals surface area contributed by atoms with E-state index in [0.717, 1.165) is 0 Å². The number of hydrogen-bond donors (Lipinski definition) is 1. The van der Waals surface area contributed by atoms with Gasteiger partial charge in [-0.05, 0) is 6.92 Å². The van der Waals surface area contributed by atoms with Gasteiger partial charge in [0.05, 0.1) is 0 Å². The monoisotopic (exact) mass is 123 g/mol. The zero-order valence-electron chi connectivity index (χ0n) is 3.89. The van der Waals surface area contributed by atoms with E-state index in [1.807, 2.05) is 0 Å². The third-order valence-corrected chi connectivity index (χ3v) is 0.869. The van der Waals surface area contributed by atoms with Gasteiger partial charge in [-0.2, -0.15) is 0 Å². The van der Waals surface area contributed by atoms with Crippen molar-refractivity contribution >= 4 is 17.9 Å². The van der Waals surface area contributed by atoms with Gasteiger partial charge >= 0.3 is 6.09 Å². The summed E-state index contributed by atoms with van der Waals surface area (Å²) >= 11 is 5.03. The average molecular weight is 124 g/mol. The van der Waals surface area contributed by atoms with Gasteiger partial charge in [0, 0.05) is 18.3 Å². The van der Waals surface area contributed by atoms with Gasteiger partial charge in [-0.25, -0.2) is 9.21 Å². The SMILES string of the molecule is CCN(Cl)C(=O)O. The fraction of sp³-hybridized carbons (Fsp3) is 0.667. The maximum Gasteiger partial charge on any atom is 0.422 e. The summed E-state index contributed by atoms with van der Waals surface area (Å²) in [5, 5.41) is 7.98. The highest BCUT2D eigenvalue weighted by molar-refractivity contribution is 6.19. The van der Waals surface area contributed by atoms with Crippen LogP contribution < -0.4 is 0 Å². The lowest BCUT2D eigenvalue weighted by atomic mass is 10.8. The van der Waals surface area contributed by atoms with Gasteiger partial charge in [0.15, 0.2) is 0 Å². The molecule has 7 heavy (non-hydrogen) atoms. The summed E-state index contributed by atoms with van der Waals surface area (Å²) in [7, 11) is 0. The molecule has 0 aromatic carbocycles. The van der Waals surface area contributed by atoms with Gasteiger partial charge in [-0.3, -0.25) is 0 Å². The first-order chi connectivity index (χ1) is 3.18. The van der Waals surface area contributed by atoms with E-state index in [1.165, 1.54) is 0 Å². The summed E-state index contributed by atoms with van der Waals surface area (Å²) in [4.78, 5) is 9.72. The highest BCUT2D eigenvalue weighted by atomic mass is 35.5. The number of carbonyl (C=O) groups is 1. The summed E-state index contributed by atoms with van der Waals surface area (Å²) in [6.45, 7) is 1.97. The Labute approximate surface area is 46.6 Å². The van der Waals surface area contributed by atoms with Gasteiger partial charge in [0.25, 0.3) is 0 Å². The van der Waals surface area contributed by atoms with Crippen molar-refractivity contribution in [3.63, 3.8) is 0 Å². The van der Waals surface area contributed by atoms with Crippen molar-refractivity contribution in [2.24, 2.45) is 0 Å². The Bertz CT molecular complexity index is 75.3. The lowest BCUT2D eigenvalue weighted by Gasteiger charge is -2.02.